The molecule has 54 heavy (non-hydrogen) atoms. The van der Waals surface area contributed by atoms with Gasteiger partial charge in [0.1, 0.15) is 0 Å². The number of hydrogen-bond donors (Lipinski definition) is 2. The minimum atomic E-state index is -0.355. The zero-order chi connectivity index (χ0) is 40.0. The molecule has 0 bridgehead atoms. The van der Waals surface area contributed by atoms with Gasteiger partial charge in [0, 0.05) is 46.3 Å². The lowest BCUT2D eigenvalue weighted by atomic mass is 10.0. The average Bonchev–Trinajstić information content (AvgIpc) is 3.14. The smallest absolute Gasteiger partial charge is 0.220 e. The van der Waals surface area contributed by atoms with Crippen molar-refractivity contribution < 1.29 is 28.5 Å². The Morgan fingerprint density at radius 2 is 0.944 bits per heavy atom. The first kappa shape index (κ1) is 52.8. The molecule has 0 rings (SSSR count). The highest BCUT2D eigenvalue weighted by atomic mass is 16.5. The third-order valence-electron chi connectivity index (χ3n) is 10.7. The van der Waals surface area contributed by atoms with Crippen molar-refractivity contribution in [2.45, 2.75) is 239 Å². The maximum absolute atomic E-state index is 12.7. The van der Waals surface area contributed by atoms with Crippen LogP contribution in [0.2, 0.25) is 0 Å². The van der Waals surface area contributed by atoms with Gasteiger partial charge >= 0.3 is 0 Å². The van der Waals surface area contributed by atoms with Crippen molar-refractivity contribution in [1.29, 1.82) is 0 Å². The van der Waals surface area contributed by atoms with Crippen LogP contribution < -0.4 is 10.6 Å². The fraction of sp³-hybridized carbons (Fsp3) is 0.957. The highest BCUT2D eigenvalue weighted by molar-refractivity contribution is 5.83. The molecule has 1 atom stereocenters. The number of carbonyl (C=O) groups is 2. The summed E-state index contributed by atoms with van der Waals surface area (Å²) in [6.45, 7) is 16.1. The molecular weight excluding hydrogens is 677 g/mol. The first-order valence-electron chi connectivity index (χ1n) is 23.0. The van der Waals surface area contributed by atoms with Crippen LogP contribution in [0.25, 0.3) is 0 Å². The Kier molecular flexibility index (Phi) is 36.5. The van der Waals surface area contributed by atoms with Gasteiger partial charge in [-0.3, -0.25) is 9.59 Å². The van der Waals surface area contributed by atoms with Crippen LogP contribution in [0, 0.1) is 0 Å². The van der Waals surface area contributed by atoms with Crippen LogP contribution in [0.5, 0.6) is 0 Å². The zero-order valence-corrected chi connectivity index (χ0v) is 37.1. The standard InChI is InChI=1S/C46H92N2O6/c1-8-10-12-14-16-18-20-22-24-26-28-30-37-52-41-42(53-38-31-29-27-25-23-21-19-17-15-13-11-9-2)40-48-44(50)33-32-43(49)47-36-34-46(5,6)54-39-35-45(3,4)51-7/h42H,8-41H2,1-7H3,(H,47,49)(H,48,50). The maximum Gasteiger partial charge on any atom is 0.220 e. The van der Waals surface area contributed by atoms with Crippen LogP contribution in [-0.4, -0.2) is 75.7 Å². The Hall–Kier alpha value is -1.22. The van der Waals surface area contributed by atoms with E-state index in [-0.39, 0.29) is 42.0 Å². The topological polar surface area (TPSA) is 95.1 Å². The zero-order valence-electron chi connectivity index (χ0n) is 37.1. The maximum atomic E-state index is 12.7. The summed E-state index contributed by atoms with van der Waals surface area (Å²) in [5, 5.41) is 5.95. The molecule has 8 nitrogen and oxygen atoms in total. The Balaban J connectivity index is 4.35. The summed E-state index contributed by atoms with van der Waals surface area (Å²) in [6, 6.07) is 0. The molecular formula is C46H92N2O6. The molecule has 0 aliphatic carbocycles. The summed E-state index contributed by atoms with van der Waals surface area (Å²) in [6.07, 6.45) is 33.3. The van der Waals surface area contributed by atoms with Crippen molar-refractivity contribution in [3.05, 3.63) is 0 Å². The summed E-state index contributed by atoms with van der Waals surface area (Å²) < 4.78 is 23.8. The fourth-order valence-corrected chi connectivity index (χ4v) is 6.50. The Morgan fingerprint density at radius 3 is 1.41 bits per heavy atom. The van der Waals surface area contributed by atoms with E-state index in [0.29, 0.717) is 39.3 Å². The molecule has 2 amide bonds. The van der Waals surface area contributed by atoms with Gasteiger partial charge in [-0.2, -0.15) is 0 Å². The molecule has 322 valence electrons. The predicted molar refractivity (Wildman–Crippen MR) is 228 cm³/mol. The van der Waals surface area contributed by atoms with Crippen LogP contribution in [-0.2, 0) is 28.5 Å². The Bertz CT molecular complexity index is 836. The van der Waals surface area contributed by atoms with Crippen molar-refractivity contribution >= 4 is 11.8 Å². The summed E-state index contributed by atoms with van der Waals surface area (Å²) >= 11 is 0. The van der Waals surface area contributed by atoms with Crippen LogP contribution in [0.15, 0.2) is 0 Å². The monoisotopic (exact) mass is 769 g/mol. The normalized spacial score (nSPS) is 12.6. The number of rotatable bonds is 42. The second-order valence-corrected chi connectivity index (χ2v) is 17.1. The molecule has 1 unspecified atom stereocenters. The summed E-state index contributed by atoms with van der Waals surface area (Å²) in [7, 11) is 1.71. The van der Waals surface area contributed by atoms with Gasteiger partial charge in [-0.1, -0.05) is 155 Å². The molecule has 0 aliphatic rings. The van der Waals surface area contributed by atoms with Gasteiger partial charge in [-0.05, 0) is 53.4 Å². The van der Waals surface area contributed by atoms with Gasteiger partial charge in [-0.15, -0.1) is 0 Å². The number of amides is 2. The van der Waals surface area contributed by atoms with E-state index in [1.165, 1.54) is 141 Å². The van der Waals surface area contributed by atoms with E-state index >= 15 is 0 Å². The number of carbonyl (C=O) groups excluding carboxylic acids is 2. The van der Waals surface area contributed by atoms with Crippen molar-refractivity contribution in [3.63, 3.8) is 0 Å². The second kappa shape index (κ2) is 37.4. The van der Waals surface area contributed by atoms with E-state index in [4.69, 9.17) is 18.9 Å². The minimum Gasteiger partial charge on any atom is -0.379 e. The SMILES string of the molecule is CCCCCCCCCCCCCCOCC(CNC(=O)CCC(=O)NCCC(C)(C)OCCC(C)(C)OC)OCCCCCCCCCCCCCC. The molecule has 0 aliphatic heterocycles. The molecule has 2 N–H and O–H groups in total. The van der Waals surface area contributed by atoms with E-state index in [0.717, 1.165) is 25.9 Å². The molecule has 0 aromatic carbocycles. The highest BCUT2D eigenvalue weighted by Gasteiger charge is 2.22. The summed E-state index contributed by atoms with van der Waals surface area (Å²) in [5.41, 5.74) is -0.575. The fourth-order valence-electron chi connectivity index (χ4n) is 6.50. The summed E-state index contributed by atoms with van der Waals surface area (Å²) in [4.78, 5) is 25.2. The predicted octanol–water partition coefficient (Wildman–Crippen LogP) is 11.8. The lowest BCUT2D eigenvalue weighted by molar-refractivity contribution is -0.127. The van der Waals surface area contributed by atoms with Crippen LogP contribution in [0.3, 0.4) is 0 Å². The van der Waals surface area contributed by atoms with Gasteiger partial charge in [0.15, 0.2) is 0 Å². The van der Waals surface area contributed by atoms with E-state index in [2.05, 4.69) is 24.5 Å². The third kappa shape index (κ3) is 37.7. The van der Waals surface area contributed by atoms with Crippen LogP contribution in [0.1, 0.15) is 221 Å². The summed E-state index contributed by atoms with van der Waals surface area (Å²) in [5.74, 6) is -0.249. The number of nitrogens with one attached hydrogen (secondary N) is 2. The molecule has 0 fully saturated rings. The first-order chi connectivity index (χ1) is 26.0. The minimum absolute atomic E-state index is 0.119. The lowest BCUT2D eigenvalue weighted by Crippen LogP contribution is -2.37. The number of methoxy groups -OCH3 is 1. The van der Waals surface area contributed by atoms with Crippen molar-refractivity contribution in [2.75, 3.05) is 46.6 Å². The molecule has 0 aromatic heterocycles. The quantitative estimate of drug-likeness (QED) is 0.0601. The lowest BCUT2D eigenvalue weighted by Gasteiger charge is -2.29. The van der Waals surface area contributed by atoms with E-state index in [9.17, 15) is 9.59 Å². The Morgan fingerprint density at radius 1 is 0.519 bits per heavy atom. The average molecular weight is 769 g/mol. The number of ether oxygens (including phenoxy) is 4. The van der Waals surface area contributed by atoms with Gasteiger partial charge in [0.25, 0.3) is 0 Å². The highest BCUT2D eigenvalue weighted by Crippen LogP contribution is 2.19. The van der Waals surface area contributed by atoms with Gasteiger partial charge in [0.2, 0.25) is 11.8 Å². The molecule has 0 heterocycles. The first-order valence-corrected chi connectivity index (χ1v) is 23.0. The van der Waals surface area contributed by atoms with Crippen LogP contribution in [0.4, 0.5) is 0 Å². The van der Waals surface area contributed by atoms with Crippen LogP contribution >= 0.6 is 0 Å². The van der Waals surface area contributed by atoms with Crippen molar-refractivity contribution in [3.8, 4) is 0 Å². The van der Waals surface area contributed by atoms with Crippen molar-refractivity contribution in [2.24, 2.45) is 0 Å². The molecule has 0 spiro atoms. The van der Waals surface area contributed by atoms with E-state index in [1.807, 2.05) is 27.7 Å². The number of unbranched alkanes of at least 4 members (excludes halogenated alkanes) is 22. The van der Waals surface area contributed by atoms with Gasteiger partial charge < -0.3 is 29.6 Å². The van der Waals surface area contributed by atoms with Gasteiger partial charge in [0.05, 0.1) is 30.5 Å². The van der Waals surface area contributed by atoms with Gasteiger partial charge in [-0.25, -0.2) is 0 Å². The Labute approximate surface area is 335 Å². The molecule has 0 aromatic rings. The largest absolute Gasteiger partial charge is 0.379 e. The second-order valence-electron chi connectivity index (χ2n) is 17.1. The third-order valence-corrected chi connectivity index (χ3v) is 10.7. The van der Waals surface area contributed by atoms with E-state index < -0.39 is 0 Å². The molecule has 8 heteroatoms. The molecule has 0 saturated heterocycles. The molecule has 0 radical (unpaired) electrons. The number of hydrogen-bond acceptors (Lipinski definition) is 6. The van der Waals surface area contributed by atoms with Crippen molar-refractivity contribution in [1.82, 2.24) is 10.6 Å². The van der Waals surface area contributed by atoms with E-state index in [1.54, 1.807) is 7.11 Å². The molecule has 0 saturated carbocycles.